The molecule has 54 valence electrons. The Bertz CT molecular complexity index is 11.9. The summed E-state index contributed by atoms with van der Waals surface area (Å²) in [4.78, 5) is 0. The summed E-state index contributed by atoms with van der Waals surface area (Å²) in [6, 6.07) is 0. The van der Waals surface area contributed by atoms with Gasteiger partial charge in [-0.3, -0.25) is 0 Å². The zero-order chi connectivity index (χ0) is 6.12. The molecule has 0 unspecified atom stereocenters. The maximum atomic E-state index is 3.92. The molecule has 0 saturated carbocycles. The minimum atomic E-state index is 0. The van der Waals surface area contributed by atoms with Gasteiger partial charge in [-0.2, -0.15) is 12.6 Å². The molecule has 0 aromatic carbocycles. The Hall–Kier alpha value is 0.350. The van der Waals surface area contributed by atoms with Crippen molar-refractivity contribution in [1.82, 2.24) is 0 Å². The summed E-state index contributed by atoms with van der Waals surface area (Å²) in [6.07, 6.45) is 2.43. The summed E-state index contributed by atoms with van der Waals surface area (Å²) in [5, 5.41) is 0. The molecule has 0 N–H and O–H groups in total. The third kappa shape index (κ3) is 99.7. The fourth-order valence-electron chi connectivity index (χ4n) is 0. The van der Waals surface area contributed by atoms with Crippen LogP contribution in [0.4, 0.5) is 0 Å². The standard InChI is InChI=1S/C3H8S.C3H8.CH4/c1-2-3-4;1-3-2;/h4H,2-3H2,1H3;3H2,1-2H3;1H4. The monoisotopic (exact) mass is 136 g/mol. The number of hydrogen-bond acceptors (Lipinski definition) is 1. The van der Waals surface area contributed by atoms with Crippen LogP contribution in [0.3, 0.4) is 0 Å². The number of thiol groups is 1. The highest BCUT2D eigenvalue weighted by molar-refractivity contribution is 7.80. The van der Waals surface area contributed by atoms with Crippen molar-refractivity contribution in [2.45, 2.75) is 41.0 Å². The SMILES string of the molecule is C.CCC.CCCS. The van der Waals surface area contributed by atoms with E-state index in [1.165, 1.54) is 12.8 Å². The van der Waals surface area contributed by atoms with Gasteiger partial charge in [-0.15, -0.1) is 0 Å². The Morgan fingerprint density at radius 2 is 1.25 bits per heavy atom. The summed E-state index contributed by atoms with van der Waals surface area (Å²) in [5.41, 5.74) is 0. The molecule has 0 atom stereocenters. The summed E-state index contributed by atoms with van der Waals surface area (Å²) in [6.45, 7) is 6.35. The highest BCUT2D eigenvalue weighted by Gasteiger charge is 1.57. The van der Waals surface area contributed by atoms with E-state index in [1.807, 2.05) is 0 Å². The molecule has 0 aromatic heterocycles. The smallest absolute Gasteiger partial charge is 0.0101 e. The van der Waals surface area contributed by atoms with Crippen LogP contribution in [-0.4, -0.2) is 5.75 Å². The highest BCUT2D eigenvalue weighted by Crippen LogP contribution is 1.74. The van der Waals surface area contributed by atoms with E-state index in [0.29, 0.717) is 0 Å². The van der Waals surface area contributed by atoms with Gasteiger partial charge in [-0.1, -0.05) is 34.6 Å². The molecule has 0 aliphatic heterocycles. The Labute approximate surface area is 60.1 Å². The van der Waals surface area contributed by atoms with Crippen LogP contribution in [0.15, 0.2) is 0 Å². The molecule has 0 aliphatic carbocycles. The second-order valence-corrected chi connectivity index (χ2v) is 1.88. The van der Waals surface area contributed by atoms with Gasteiger partial charge in [0, 0.05) is 0 Å². The molecule has 1 heteroatoms. The second kappa shape index (κ2) is 26.4. The van der Waals surface area contributed by atoms with Crippen molar-refractivity contribution in [3.8, 4) is 0 Å². The van der Waals surface area contributed by atoms with E-state index in [9.17, 15) is 0 Å². The van der Waals surface area contributed by atoms with Crippen LogP contribution in [0.25, 0.3) is 0 Å². The zero-order valence-electron chi connectivity index (χ0n) is 5.57. The molecule has 0 aromatic rings. The first-order chi connectivity index (χ1) is 3.33. The van der Waals surface area contributed by atoms with E-state index >= 15 is 0 Å². The maximum absolute atomic E-state index is 3.92. The summed E-state index contributed by atoms with van der Waals surface area (Å²) < 4.78 is 0. The molecule has 8 heavy (non-hydrogen) atoms. The van der Waals surface area contributed by atoms with Gasteiger partial charge < -0.3 is 0 Å². The van der Waals surface area contributed by atoms with E-state index in [2.05, 4.69) is 33.4 Å². The Morgan fingerprint density at radius 3 is 1.25 bits per heavy atom. The first-order valence-corrected chi connectivity index (χ1v) is 3.57. The van der Waals surface area contributed by atoms with Crippen LogP contribution >= 0.6 is 12.6 Å². The van der Waals surface area contributed by atoms with Crippen LogP contribution in [-0.2, 0) is 0 Å². The van der Waals surface area contributed by atoms with Crippen molar-refractivity contribution in [2.75, 3.05) is 5.75 Å². The Morgan fingerprint density at radius 1 is 1.12 bits per heavy atom. The van der Waals surface area contributed by atoms with Gasteiger partial charge in [-0.25, -0.2) is 0 Å². The van der Waals surface area contributed by atoms with Crippen LogP contribution in [0.5, 0.6) is 0 Å². The summed E-state index contributed by atoms with van der Waals surface area (Å²) >= 11 is 3.92. The minimum Gasteiger partial charge on any atom is -0.179 e. The van der Waals surface area contributed by atoms with E-state index in [4.69, 9.17) is 0 Å². The first kappa shape index (κ1) is 15.8. The molecule has 0 radical (unpaired) electrons. The van der Waals surface area contributed by atoms with Crippen molar-refractivity contribution in [2.24, 2.45) is 0 Å². The lowest BCUT2D eigenvalue weighted by atomic mass is 10.6. The molecular formula is C7H20S. The predicted octanol–water partition coefficient (Wildman–Crippen LogP) is 3.38. The lowest BCUT2D eigenvalue weighted by molar-refractivity contribution is 1.09. The Kier molecular flexibility index (Phi) is 52.0. The molecule has 0 amide bonds. The molecule has 0 rings (SSSR count). The summed E-state index contributed by atoms with van der Waals surface area (Å²) in [7, 11) is 0. The van der Waals surface area contributed by atoms with Crippen molar-refractivity contribution in [3.63, 3.8) is 0 Å². The largest absolute Gasteiger partial charge is 0.179 e. The van der Waals surface area contributed by atoms with Crippen molar-refractivity contribution in [1.29, 1.82) is 0 Å². The lowest BCUT2D eigenvalue weighted by Gasteiger charge is -1.67. The van der Waals surface area contributed by atoms with E-state index in [-0.39, 0.29) is 7.43 Å². The van der Waals surface area contributed by atoms with Gasteiger partial charge in [0.2, 0.25) is 0 Å². The van der Waals surface area contributed by atoms with Gasteiger partial charge >= 0.3 is 0 Å². The van der Waals surface area contributed by atoms with E-state index < -0.39 is 0 Å². The highest BCUT2D eigenvalue weighted by atomic mass is 32.1. The lowest BCUT2D eigenvalue weighted by Crippen LogP contribution is -1.56. The molecule has 0 heterocycles. The topological polar surface area (TPSA) is 0 Å². The zero-order valence-corrected chi connectivity index (χ0v) is 6.46. The van der Waals surface area contributed by atoms with Crippen LogP contribution < -0.4 is 0 Å². The van der Waals surface area contributed by atoms with Gasteiger partial charge in [0.25, 0.3) is 0 Å². The van der Waals surface area contributed by atoms with Crippen molar-refractivity contribution in [3.05, 3.63) is 0 Å². The van der Waals surface area contributed by atoms with Gasteiger partial charge in [0.15, 0.2) is 0 Å². The molecule has 0 fully saturated rings. The van der Waals surface area contributed by atoms with Crippen LogP contribution in [0.2, 0.25) is 0 Å². The first-order valence-electron chi connectivity index (χ1n) is 2.94. The molecular weight excluding hydrogens is 116 g/mol. The van der Waals surface area contributed by atoms with E-state index in [0.717, 1.165) is 5.75 Å². The number of hydrogen-bond donors (Lipinski definition) is 1. The van der Waals surface area contributed by atoms with Crippen molar-refractivity contribution >= 4 is 12.6 Å². The van der Waals surface area contributed by atoms with Gasteiger partial charge in [-0.05, 0) is 12.2 Å². The molecule has 0 saturated heterocycles. The average molecular weight is 136 g/mol. The molecule has 0 spiro atoms. The third-order valence-electron chi connectivity index (χ3n) is 0.224. The third-order valence-corrected chi connectivity index (χ3v) is 0.671. The molecule has 0 bridgehead atoms. The van der Waals surface area contributed by atoms with Crippen molar-refractivity contribution < 1.29 is 0 Å². The van der Waals surface area contributed by atoms with Crippen LogP contribution in [0.1, 0.15) is 41.0 Å². The van der Waals surface area contributed by atoms with E-state index in [1.54, 1.807) is 0 Å². The quantitative estimate of drug-likeness (QED) is 0.525. The average Bonchev–Trinajstić information content (AvgIpc) is 1.69. The van der Waals surface area contributed by atoms with Crippen LogP contribution in [0, 0.1) is 0 Å². The summed E-state index contributed by atoms with van der Waals surface area (Å²) in [5.74, 6) is 1.01. The normalized spacial score (nSPS) is 6.00. The maximum Gasteiger partial charge on any atom is -0.0101 e. The molecule has 0 aliphatic rings. The van der Waals surface area contributed by atoms with Gasteiger partial charge in [0.1, 0.15) is 0 Å². The Balaban J connectivity index is -0.0000000575. The predicted molar refractivity (Wildman–Crippen MR) is 46.8 cm³/mol. The fourth-order valence-corrected chi connectivity index (χ4v) is 0. The molecule has 0 nitrogen and oxygen atoms in total. The second-order valence-electron chi connectivity index (χ2n) is 1.43. The number of rotatable bonds is 1. The minimum absolute atomic E-state index is 0. The van der Waals surface area contributed by atoms with Gasteiger partial charge in [0.05, 0.1) is 0 Å². The fraction of sp³-hybridized carbons (Fsp3) is 1.00.